The van der Waals surface area contributed by atoms with Crippen molar-refractivity contribution in [1.29, 1.82) is 0 Å². The van der Waals surface area contributed by atoms with E-state index in [-0.39, 0.29) is 12.7 Å². The molecule has 1 aromatic carbocycles. The highest BCUT2D eigenvalue weighted by Crippen LogP contribution is 2.34. The summed E-state index contributed by atoms with van der Waals surface area (Å²) in [6, 6.07) is 5.34. The van der Waals surface area contributed by atoms with Crippen molar-refractivity contribution in [2.45, 2.75) is 12.3 Å². The number of alkyl halides is 1. The van der Waals surface area contributed by atoms with Gasteiger partial charge in [0.25, 0.3) is 0 Å². The predicted octanol–water partition coefficient (Wildman–Crippen LogP) is 1.54. The third-order valence-electron chi connectivity index (χ3n) is 2.38. The quantitative estimate of drug-likeness (QED) is 0.652. The van der Waals surface area contributed by atoms with Crippen LogP contribution in [0.15, 0.2) is 18.2 Å². The lowest BCUT2D eigenvalue weighted by Gasteiger charge is -2.09. The molecule has 0 saturated carbocycles. The Labute approximate surface area is 110 Å². The summed E-state index contributed by atoms with van der Waals surface area (Å²) in [6.45, 7) is 2.64. The molecule has 1 amide bonds. The van der Waals surface area contributed by atoms with E-state index in [9.17, 15) is 4.79 Å². The van der Waals surface area contributed by atoms with Gasteiger partial charge in [-0.2, -0.15) is 0 Å². The highest BCUT2D eigenvalue weighted by atomic mass is 35.5. The zero-order valence-corrected chi connectivity index (χ0v) is 10.7. The third-order valence-corrected chi connectivity index (χ3v) is 2.57. The van der Waals surface area contributed by atoms with Gasteiger partial charge in [-0.3, -0.25) is 4.79 Å². The molecular formula is C12H14ClNO4. The maximum absolute atomic E-state index is 11.2. The van der Waals surface area contributed by atoms with Crippen molar-refractivity contribution in [3.05, 3.63) is 18.2 Å². The first-order valence-corrected chi connectivity index (χ1v) is 6.04. The van der Waals surface area contributed by atoms with Gasteiger partial charge in [0.15, 0.2) is 11.5 Å². The van der Waals surface area contributed by atoms with E-state index in [1.54, 1.807) is 25.1 Å². The SMILES string of the molecule is CC(Cl)C(=O)NCCOc1ccc2c(c1)OCO2. The molecule has 1 unspecified atom stereocenters. The summed E-state index contributed by atoms with van der Waals surface area (Å²) in [5.41, 5.74) is 0. The topological polar surface area (TPSA) is 56.8 Å². The van der Waals surface area contributed by atoms with Gasteiger partial charge in [0.1, 0.15) is 17.7 Å². The number of halogens is 1. The molecule has 1 aliphatic rings. The summed E-state index contributed by atoms with van der Waals surface area (Å²) in [6.07, 6.45) is 0. The minimum Gasteiger partial charge on any atom is -0.492 e. The Bertz CT molecular complexity index is 436. The van der Waals surface area contributed by atoms with E-state index >= 15 is 0 Å². The summed E-state index contributed by atoms with van der Waals surface area (Å²) in [4.78, 5) is 11.2. The molecule has 1 heterocycles. The first kappa shape index (κ1) is 12.8. The van der Waals surface area contributed by atoms with E-state index in [0.29, 0.717) is 30.4 Å². The van der Waals surface area contributed by atoms with Crippen LogP contribution in [0.5, 0.6) is 17.2 Å². The molecule has 18 heavy (non-hydrogen) atoms. The van der Waals surface area contributed by atoms with E-state index in [1.165, 1.54) is 0 Å². The van der Waals surface area contributed by atoms with Crippen molar-refractivity contribution in [2.24, 2.45) is 0 Å². The minimum absolute atomic E-state index is 0.203. The Kier molecular flexibility index (Phi) is 4.15. The van der Waals surface area contributed by atoms with Crippen LogP contribution in [0.1, 0.15) is 6.92 Å². The zero-order chi connectivity index (χ0) is 13.0. The molecular weight excluding hydrogens is 258 g/mol. The molecule has 0 aromatic heterocycles. The lowest BCUT2D eigenvalue weighted by atomic mass is 10.3. The molecule has 0 saturated heterocycles. The van der Waals surface area contributed by atoms with Crippen molar-refractivity contribution in [1.82, 2.24) is 5.32 Å². The molecule has 1 aromatic rings. The number of amides is 1. The lowest BCUT2D eigenvalue weighted by molar-refractivity contribution is -0.120. The fraction of sp³-hybridized carbons (Fsp3) is 0.417. The fourth-order valence-corrected chi connectivity index (χ4v) is 1.53. The van der Waals surface area contributed by atoms with Crippen LogP contribution in [0.25, 0.3) is 0 Å². The second-order valence-corrected chi connectivity index (χ2v) is 4.43. The number of rotatable bonds is 5. The molecule has 5 nitrogen and oxygen atoms in total. The Hall–Kier alpha value is -1.62. The van der Waals surface area contributed by atoms with Gasteiger partial charge < -0.3 is 19.5 Å². The van der Waals surface area contributed by atoms with Gasteiger partial charge in [0.2, 0.25) is 12.7 Å². The standard InChI is InChI=1S/C12H14ClNO4/c1-8(13)12(15)14-4-5-16-9-2-3-10-11(6-9)18-7-17-10/h2-3,6,8H,4-5,7H2,1H3,(H,14,15). The van der Waals surface area contributed by atoms with Gasteiger partial charge in [-0.15, -0.1) is 11.6 Å². The van der Waals surface area contributed by atoms with Crippen molar-refractivity contribution < 1.29 is 19.0 Å². The van der Waals surface area contributed by atoms with Gasteiger partial charge in [-0.25, -0.2) is 0 Å². The van der Waals surface area contributed by atoms with Crippen molar-refractivity contribution in [3.8, 4) is 17.2 Å². The Morgan fingerprint density at radius 3 is 3.06 bits per heavy atom. The smallest absolute Gasteiger partial charge is 0.237 e. The fourth-order valence-electron chi connectivity index (χ4n) is 1.45. The number of carbonyl (C=O) groups is 1. The van der Waals surface area contributed by atoms with Gasteiger partial charge in [-0.05, 0) is 19.1 Å². The minimum atomic E-state index is -0.532. The summed E-state index contributed by atoms with van der Waals surface area (Å²) in [5.74, 6) is 1.86. The van der Waals surface area contributed by atoms with E-state index in [4.69, 9.17) is 25.8 Å². The Morgan fingerprint density at radius 2 is 2.28 bits per heavy atom. The second-order valence-electron chi connectivity index (χ2n) is 3.77. The van der Waals surface area contributed by atoms with Crippen LogP contribution < -0.4 is 19.5 Å². The monoisotopic (exact) mass is 271 g/mol. The third kappa shape index (κ3) is 3.20. The molecule has 1 atom stereocenters. The number of nitrogens with one attached hydrogen (secondary N) is 1. The number of carbonyl (C=O) groups excluding carboxylic acids is 1. The van der Waals surface area contributed by atoms with E-state index in [0.717, 1.165) is 0 Å². The molecule has 0 bridgehead atoms. The summed E-state index contributed by atoms with van der Waals surface area (Å²) < 4.78 is 15.9. The van der Waals surface area contributed by atoms with Crippen LogP contribution in [-0.2, 0) is 4.79 Å². The van der Waals surface area contributed by atoms with Crippen LogP contribution in [0.2, 0.25) is 0 Å². The average Bonchev–Trinajstić information content (AvgIpc) is 2.81. The number of fused-ring (bicyclic) bond motifs is 1. The first-order valence-electron chi connectivity index (χ1n) is 5.61. The lowest BCUT2D eigenvalue weighted by Crippen LogP contribution is -2.32. The Morgan fingerprint density at radius 1 is 1.50 bits per heavy atom. The molecule has 1 N–H and O–H groups in total. The van der Waals surface area contributed by atoms with E-state index in [2.05, 4.69) is 5.32 Å². The zero-order valence-electron chi connectivity index (χ0n) is 9.94. The van der Waals surface area contributed by atoms with E-state index in [1.807, 2.05) is 0 Å². The maximum Gasteiger partial charge on any atom is 0.237 e. The van der Waals surface area contributed by atoms with Gasteiger partial charge >= 0.3 is 0 Å². The van der Waals surface area contributed by atoms with Gasteiger partial charge in [0, 0.05) is 6.07 Å². The number of hydrogen-bond donors (Lipinski definition) is 1. The average molecular weight is 272 g/mol. The van der Waals surface area contributed by atoms with Crippen LogP contribution in [0, 0.1) is 0 Å². The largest absolute Gasteiger partial charge is 0.492 e. The van der Waals surface area contributed by atoms with Crippen LogP contribution in [0.3, 0.4) is 0 Å². The molecule has 0 radical (unpaired) electrons. The summed E-state index contributed by atoms with van der Waals surface area (Å²) >= 11 is 5.60. The highest BCUT2D eigenvalue weighted by molar-refractivity contribution is 6.30. The molecule has 6 heteroatoms. The van der Waals surface area contributed by atoms with Crippen molar-refractivity contribution in [3.63, 3.8) is 0 Å². The normalized spacial score (nSPS) is 14.1. The van der Waals surface area contributed by atoms with Crippen molar-refractivity contribution in [2.75, 3.05) is 19.9 Å². The van der Waals surface area contributed by atoms with E-state index < -0.39 is 5.38 Å². The second kappa shape index (κ2) is 5.82. The number of ether oxygens (including phenoxy) is 3. The molecule has 0 spiro atoms. The molecule has 1 aliphatic heterocycles. The number of benzene rings is 1. The van der Waals surface area contributed by atoms with Gasteiger partial charge in [0.05, 0.1) is 6.54 Å². The van der Waals surface area contributed by atoms with Gasteiger partial charge in [-0.1, -0.05) is 0 Å². The molecule has 2 rings (SSSR count). The Balaban J connectivity index is 1.75. The summed E-state index contributed by atoms with van der Waals surface area (Å²) in [5, 5.41) is 2.12. The number of hydrogen-bond acceptors (Lipinski definition) is 4. The van der Waals surface area contributed by atoms with Crippen LogP contribution in [-0.4, -0.2) is 31.2 Å². The summed E-state index contributed by atoms with van der Waals surface area (Å²) in [7, 11) is 0. The van der Waals surface area contributed by atoms with Crippen LogP contribution >= 0.6 is 11.6 Å². The van der Waals surface area contributed by atoms with Crippen LogP contribution in [0.4, 0.5) is 0 Å². The first-order chi connectivity index (χ1) is 8.66. The predicted molar refractivity (Wildman–Crippen MR) is 66.4 cm³/mol. The molecule has 0 aliphatic carbocycles. The van der Waals surface area contributed by atoms with Crippen molar-refractivity contribution >= 4 is 17.5 Å². The molecule has 98 valence electrons. The molecule has 0 fully saturated rings. The maximum atomic E-state index is 11.2. The highest BCUT2D eigenvalue weighted by Gasteiger charge is 2.13.